The molecule has 2 rings (SSSR count). The summed E-state index contributed by atoms with van der Waals surface area (Å²) < 4.78 is 14.5. The van der Waals surface area contributed by atoms with Crippen LogP contribution in [-0.4, -0.2) is 26.8 Å². The number of rotatable bonds is 7. The second-order valence-corrected chi connectivity index (χ2v) is 4.39. The van der Waals surface area contributed by atoms with Crippen molar-refractivity contribution in [1.29, 1.82) is 0 Å². The zero-order valence-electron chi connectivity index (χ0n) is 12.0. The first-order valence-corrected chi connectivity index (χ1v) is 6.26. The number of nitrogens with zero attached hydrogens (tertiary/aromatic N) is 3. The minimum absolute atomic E-state index is 0. The van der Waals surface area contributed by atoms with Gasteiger partial charge in [-0.2, -0.15) is 6.42 Å². The van der Waals surface area contributed by atoms with Crippen LogP contribution in [0.1, 0.15) is 30.5 Å². The smallest absolute Gasteiger partial charge is 0.870 e. The van der Waals surface area contributed by atoms with Gasteiger partial charge in [0.25, 0.3) is 0 Å². The summed E-state index contributed by atoms with van der Waals surface area (Å²) in [5.41, 5.74) is 1.89. The van der Waals surface area contributed by atoms with Crippen molar-refractivity contribution in [2.24, 2.45) is 0 Å². The summed E-state index contributed by atoms with van der Waals surface area (Å²) in [5.74, 6) is -0.241. The molecular weight excluding hydrogens is 284 g/mol. The Morgan fingerprint density at radius 3 is 2.57 bits per heavy atom. The van der Waals surface area contributed by atoms with Crippen LogP contribution in [0.4, 0.5) is 4.39 Å². The van der Waals surface area contributed by atoms with E-state index in [-0.39, 0.29) is 40.9 Å². The third-order valence-corrected chi connectivity index (χ3v) is 2.81. The number of aryl methyl sites for hydroxylation is 1. The van der Waals surface area contributed by atoms with E-state index in [9.17, 15) is 9.18 Å². The number of hydrogen-bond donors (Lipinski definition) is 0. The molecule has 1 aromatic heterocycles. The summed E-state index contributed by atoms with van der Waals surface area (Å²) in [6.45, 7) is 0.579. The van der Waals surface area contributed by atoms with Gasteiger partial charge in [0.2, 0.25) is 0 Å². The molecule has 0 unspecified atom stereocenters. The minimum atomic E-state index is -0.241. The number of hydrogen-bond acceptors (Lipinski definition) is 4. The predicted molar refractivity (Wildman–Crippen MR) is 70.7 cm³/mol. The average Bonchev–Trinajstić information content (AvgIpc) is 2.85. The Balaban J connectivity index is 0.00000200. The molecule has 7 heteroatoms. The molecule has 0 bridgehead atoms. The molecule has 21 heavy (non-hydrogen) atoms. The molecule has 0 aliphatic heterocycles. The van der Waals surface area contributed by atoms with E-state index in [4.69, 9.17) is 0 Å². The van der Waals surface area contributed by atoms with Crippen molar-refractivity contribution in [1.82, 2.24) is 15.0 Å². The van der Waals surface area contributed by atoms with Gasteiger partial charge >= 0.3 is 29.6 Å². The summed E-state index contributed by atoms with van der Waals surface area (Å²) in [4.78, 5) is 10.1. The van der Waals surface area contributed by atoms with E-state index in [1.54, 1.807) is 16.8 Å². The summed E-state index contributed by atoms with van der Waals surface area (Å²) in [6.07, 6.45) is 6.78. The van der Waals surface area contributed by atoms with Crippen LogP contribution in [0.25, 0.3) is 0 Å². The Kier molecular flexibility index (Phi) is 10.1. The SMILES string of the molecule is O=[C-]CCCCc1cn(Cc2ccc(F)cc2)nn1.[Na+].[OH-]. The van der Waals surface area contributed by atoms with Gasteiger partial charge in [-0.15, -0.1) is 5.10 Å². The third-order valence-electron chi connectivity index (χ3n) is 2.81. The molecule has 0 saturated carbocycles. The maximum absolute atomic E-state index is 12.8. The zero-order chi connectivity index (χ0) is 13.5. The predicted octanol–water partition coefficient (Wildman–Crippen LogP) is -0.885. The fourth-order valence-corrected chi connectivity index (χ4v) is 1.81. The molecule has 0 radical (unpaired) electrons. The Hall–Kier alpha value is -1.08. The zero-order valence-corrected chi connectivity index (χ0v) is 14.0. The molecule has 0 aliphatic rings. The maximum atomic E-state index is 12.8. The van der Waals surface area contributed by atoms with Gasteiger partial charge in [0, 0.05) is 6.20 Å². The van der Waals surface area contributed by atoms with Crippen molar-refractivity contribution in [3.05, 3.63) is 47.5 Å². The van der Waals surface area contributed by atoms with Crippen molar-refractivity contribution < 1.29 is 44.2 Å². The number of halogens is 1. The van der Waals surface area contributed by atoms with Crippen LogP contribution in [0.15, 0.2) is 30.5 Å². The monoisotopic (exact) mass is 300 g/mol. The molecule has 0 amide bonds. The summed E-state index contributed by atoms with van der Waals surface area (Å²) in [6, 6.07) is 6.33. The molecule has 1 heterocycles. The van der Waals surface area contributed by atoms with Gasteiger partial charge < -0.3 is 10.3 Å². The Bertz CT molecular complexity index is 531. The molecule has 1 aromatic carbocycles. The van der Waals surface area contributed by atoms with E-state index >= 15 is 0 Å². The number of benzene rings is 1. The molecule has 0 aliphatic carbocycles. The first-order chi connectivity index (χ1) is 9.28. The number of unbranched alkanes of at least 4 members (excludes halogenated alkanes) is 2. The fraction of sp³-hybridized carbons (Fsp3) is 0.357. The third kappa shape index (κ3) is 6.95. The van der Waals surface area contributed by atoms with Gasteiger partial charge in [0.05, 0.1) is 12.2 Å². The summed E-state index contributed by atoms with van der Waals surface area (Å²) in [7, 11) is 0. The summed E-state index contributed by atoms with van der Waals surface area (Å²) in [5, 5.41) is 8.10. The Morgan fingerprint density at radius 1 is 1.19 bits per heavy atom. The van der Waals surface area contributed by atoms with E-state index in [2.05, 4.69) is 10.3 Å². The largest absolute Gasteiger partial charge is 1.00 e. The molecule has 2 aromatic rings. The first-order valence-electron chi connectivity index (χ1n) is 6.26. The Labute approximate surface area is 145 Å². The second kappa shape index (κ2) is 10.6. The van der Waals surface area contributed by atoms with Gasteiger partial charge in [-0.05, 0) is 30.5 Å². The van der Waals surface area contributed by atoms with Crippen LogP contribution in [0.2, 0.25) is 0 Å². The van der Waals surface area contributed by atoms with Crippen LogP contribution in [0, 0.1) is 5.82 Å². The van der Waals surface area contributed by atoms with Gasteiger partial charge in [-0.1, -0.05) is 23.8 Å². The fourth-order valence-electron chi connectivity index (χ4n) is 1.81. The molecule has 108 valence electrons. The molecule has 0 atom stereocenters. The van der Waals surface area contributed by atoms with Crippen molar-refractivity contribution in [2.45, 2.75) is 32.2 Å². The minimum Gasteiger partial charge on any atom is -0.870 e. The topological polar surface area (TPSA) is 77.8 Å². The summed E-state index contributed by atoms with van der Waals surface area (Å²) >= 11 is 0. The molecule has 0 spiro atoms. The molecule has 1 N–H and O–H groups in total. The van der Waals surface area contributed by atoms with Crippen molar-refractivity contribution in [2.75, 3.05) is 0 Å². The average molecular weight is 300 g/mol. The van der Waals surface area contributed by atoms with Crippen LogP contribution >= 0.6 is 0 Å². The van der Waals surface area contributed by atoms with E-state index < -0.39 is 0 Å². The van der Waals surface area contributed by atoms with Gasteiger partial charge in [-0.25, -0.2) is 9.07 Å². The van der Waals surface area contributed by atoms with Crippen LogP contribution in [0.3, 0.4) is 0 Å². The van der Waals surface area contributed by atoms with E-state index in [1.807, 2.05) is 12.5 Å². The van der Waals surface area contributed by atoms with Gasteiger partial charge in [0.1, 0.15) is 5.82 Å². The molecule has 0 saturated heterocycles. The maximum Gasteiger partial charge on any atom is 1.00 e. The Morgan fingerprint density at radius 2 is 1.90 bits per heavy atom. The van der Waals surface area contributed by atoms with E-state index in [1.165, 1.54) is 12.1 Å². The van der Waals surface area contributed by atoms with Crippen molar-refractivity contribution >= 4 is 6.29 Å². The second-order valence-electron chi connectivity index (χ2n) is 4.39. The van der Waals surface area contributed by atoms with Gasteiger partial charge in [-0.3, -0.25) is 6.29 Å². The van der Waals surface area contributed by atoms with Crippen molar-refractivity contribution in [3.8, 4) is 0 Å². The number of aromatic nitrogens is 3. The first kappa shape index (κ1) is 19.9. The van der Waals surface area contributed by atoms with Crippen LogP contribution in [-0.2, 0) is 17.8 Å². The normalized spacial score (nSPS) is 9.57. The quantitative estimate of drug-likeness (QED) is 0.378. The number of carbonyl (C=O) groups excluding carboxylic acids is 1. The standard InChI is InChI=1S/C14H15FN3O.Na.H2O/c15-13-7-5-12(6-8-13)10-18-11-14(16-17-18)4-2-1-3-9-19;;/h5-8,11H,1-4,10H2;;1H2/q-1;+1;/p-1. The van der Waals surface area contributed by atoms with Crippen LogP contribution in [0.5, 0.6) is 0 Å². The van der Waals surface area contributed by atoms with Gasteiger partial charge in [0.15, 0.2) is 0 Å². The van der Waals surface area contributed by atoms with Crippen molar-refractivity contribution in [3.63, 3.8) is 0 Å². The van der Waals surface area contributed by atoms with E-state index in [0.29, 0.717) is 13.0 Å². The molecule has 0 fully saturated rings. The molecule has 5 nitrogen and oxygen atoms in total. The molecular formula is C14H16FN3NaO2-. The van der Waals surface area contributed by atoms with Crippen LogP contribution < -0.4 is 29.6 Å². The van der Waals surface area contributed by atoms with E-state index in [0.717, 1.165) is 30.5 Å².